The van der Waals surface area contributed by atoms with Crippen molar-refractivity contribution in [1.82, 2.24) is 0 Å². The maximum atomic E-state index is 10.9. The third kappa shape index (κ3) is 4.10. The van der Waals surface area contributed by atoms with Crippen molar-refractivity contribution < 1.29 is 9.66 Å². The van der Waals surface area contributed by atoms with Crippen molar-refractivity contribution >= 4 is 44.8 Å². The molecule has 7 heteroatoms. The smallest absolute Gasteiger partial charge is 0.274 e. The fourth-order valence-corrected chi connectivity index (χ4v) is 2.35. The van der Waals surface area contributed by atoms with Crippen LogP contribution in [0.3, 0.4) is 0 Å². The van der Waals surface area contributed by atoms with E-state index in [0.717, 1.165) is 0 Å². The molecule has 0 aromatic heterocycles. The number of nitrogens with zero attached hydrogens (tertiary/aromatic N) is 1. The molecule has 0 heterocycles. The molecule has 17 heavy (non-hydrogen) atoms. The van der Waals surface area contributed by atoms with Crippen LogP contribution in [0.15, 0.2) is 12.1 Å². The summed E-state index contributed by atoms with van der Waals surface area (Å²) in [7, 11) is 1.57. The molecular formula is C10H10BrCl2NO3. The van der Waals surface area contributed by atoms with Gasteiger partial charge >= 0.3 is 0 Å². The molecule has 1 aromatic rings. The Morgan fingerprint density at radius 2 is 2.06 bits per heavy atom. The summed E-state index contributed by atoms with van der Waals surface area (Å²) in [4.78, 5) is 10.4. The Morgan fingerprint density at radius 3 is 2.59 bits per heavy atom. The highest BCUT2D eigenvalue weighted by Crippen LogP contribution is 2.31. The van der Waals surface area contributed by atoms with E-state index in [9.17, 15) is 10.1 Å². The predicted molar refractivity (Wildman–Crippen MR) is 71.4 cm³/mol. The zero-order valence-corrected chi connectivity index (χ0v) is 12.0. The Balaban J connectivity index is 3.04. The maximum Gasteiger partial charge on any atom is 0.274 e. The Kier molecular flexibility index (Phi) is 5.66. The summed E-state index contributed by atoms with van der Waals surface area (Å²) in [6, 6.07) is 2.79. The van der Waals surface area contributed by atoms with Gasteiger partial charge in [-0.2, -0.15) is 0 Å². The van der Waals surface area contributed by atoms with Gasteiger partial charge in [-0.15, -0.1) is 0 Å². The van der Waals surface area contributed by atoms with Crippen LogP contribution in [0.4, 0.5) is 5.69 Å². The van der Waals surface area contributed by atoms with E-state index in [4.69, 9.17) is 27.9 Å². The lowest BCUT2D eigenvalue weighted by molar-refractivity contribution is -0.385. The quantitative estimate of drug-likeness (QED) is 0.464. The molecule has 1 atom stereocenters. The van der Waals surface area contributed by atoms with Crippen LogP contribution >= 0.6 is 39.1 Å². The second kappa shape index (κ2) is 6.54. The van der Waals surface area contributed by atoms with Crippen molar-refractivity contribution in [3.8, 4) is 0 Å². The first kappa shape index (κ1) is 14.7. The van der Waals surface area contributed by atoms with Gasteiger partial charge in [0.25, 0.3) is 5.69 Å². The first-order valence-corrected chi connectivity index (χ1v) is 6.38. The van der Waals surface area contributed by atoms with Crippen LogP contribution in [0.2, 0.25) is 10.0 Å². The van der Waals surface area contributed by atoms with Gasteiger partial charge in [0.2, 0.25) is 0 Å². The lowest BCUT2D eigenvalue weighted by atomic mass is 10.1. The van der Waals surface area contributed by atoms with E-state index in [0.29, 0.717) is 23.6 Å². The molecule has 0 aliphatic carbocycles. The summed E-state index contributed by atoms with van der Waals surface area (Å²) >= 11 is 15.0. The monoisotopic (exact) mass is 341 g/mol. The van der Waals surface area contributed by atoms with Crippen LogP contribution in [-0.4, -0.2) is 23.5 Å². The molecular weight excluding hydrogens is 333 g/mol. The van der Waals surface area contributed by atoms with E-state index in [2.05, 4.69) is 15.9 Å². The molecule has 0 aliphatic heterocycles. The number of halogens is 3. The van der Waals surface area contributed by atoms with Crippen LogP contribution in [-0.2, 0) is 11.2 Å². The van der Waals surface area contributed by atoms with E-state index >= 15 is 0 Å². The van der Waals surface area contributed by atoms with Gasteiger partial charge in [-0.05, 0) is 12.5 Å². The molecule has 0 fully saturated rings. The highest BCUT2D eigenvalue weighted by atomic mass is 79.9. The largest absolute Gasteiger partial charge is 0.384 e. The van der Waals surface area contributed by atoms with Crippen LogP contribution in [0.25, 0.3) is 0 Å². The van der Waals surface area contributed by atoms with E-state index in [1.54, 1.807) is 7.11 Å². The molecule has 1 aromatic carbocycles. The number of nitro groups is 1. The van der Waals surface area contributed by atoms with E-state index in [1.165, 1.54) is 12.1 Å². The molecule has 1 unspecified atom stereocenters. The van der Waals surface area contributed by atoms with Crippen LogP contribution in [0.5, 0.6) is 0 Å². The van der Waals surface area contributed by atoms with Crippen molar-refractivity contribution in [2.75, 3.05) is 13.7 Å². The molecule has 0 spiro atoms. The Bertz CT molecular complexity index is 428. The zero-order chi connectivity index (χ0) is 13.0. The topological polar surface area (TPSA) is 52.4 Å². The minimum Gasteiger partial charge on any atom is -0.384 e. The van der Waals surface area contributed by atoms with Crippen molar-refractivity contribution in [3.63, 3.8) is 0 Å². The summed E-state index contributed by atoms with van der Waals surface area (Å²) < 4.78 is 4.95. The molecule has 0 bridgehead atoms. The molecule has 0 saturated carbocycles. The van der Waals surface area contributed by atoms with E-state index in [-0.39, 0.29) is 15.5 Å². The second-order valence-corrected chi connectivity index (χ2v) is 5.52. The lowest BCUT2D eigenvalue weighted by Gasteiger charge is -2.09. The first-order valence-electron chi connectivity index (χ1n) is 4.71. The Hall–Kier alpha value is -0.360. The number of alkyl halides is 1. The van der Waals surface area contributed by atoms with Crippen LogP contribution < -0.4 is 0 Å². The third-order valence-corrected chi connectivity index (χ3v) is 3.42. The van der Waals surface area contributed by atoms with Crippen LogP contribution in [0, 0.1) is 10.1 Å². The van der Waals surface area contributed by atoms with Gasteiger partial charge in [0.05, 0.1) is 21.6 Å². The average Bonchev–Trinajstić information content (AvgIpc) is 2.23. The van der Waals surface area contributed by atoms with Gasteiger partial charge in [-0.25, -0.2) is 0 Å². The molecule has 0 aliphatic rings. The second-order valence-electron chi connectivity index (χ2n) is 3.41. The van der Waals surface area contributed by atoms with E-state index in [1.807, 2.05) is 0 Å². The molecule has 0 radical (unpaired) electrons. The molecule has 0 saturated heterocycles. The van der Waals surface area contributed by atoms with Crippen molar-refractivity contribution in [2.24, 2.45) is 0 Å². The number of methoxy groups -OCH3 is 1. The number of ether oxygens (including phenoxy) is 1. The lowest BCUT2D eigenvalue weighted by Crippen LogP contribution is -2.11. The average molecular weight is 343 g/mol. The van der Waals surface area contributed by atoms with Crippen LogP contribution in [0.1, 0.15) is 5.56 Å². The number of benzene rings is 1. The highest BCUT2D eigenvalue weighted by molar-refractivity contribution is 9.09. The van der Waals surface area contributed by atoms with Crippen molar-refractivity contribution in [1.29, 1.82) is 0 Å². The summed E-state index contributed by atoms with van der Waals surface area (Å²) in [6.07, 6.45) is 0.445. The molecule has 1 rings (SSSR count). The highest BCUT2D eigenvalue weighted by Gasteiger charge is 2.19. The summed E-state index contributed by atoms with van der Waals surface area (Å²) in [5.74, 6) is 0. The molecule has 0 amide bonds. The van der Waals surface area contributed by atoms with Crippen molar-refractivity contribution in [2.45, 2.75) is 11.2 Å². The minimum absolute atomic E-state index is 0.0107. The van der Waals surface area contributed by atoms with Gasteiger partial charge in [0, 0.05) is 23.6 Å². The van der Waals surface area contributed by atoms with Gasteiger partial charge in [0.1, 0.15) is 0 Å². The SMILES string of the molecule is COCC(Br)Cc1cc(Cl)c(Cl)cc1[N+](=O)[O-]. The number of nitro benzene ring substituents is 1. The maximum absolute atomic E-state index is 10.9. The molecule has 94 valence electrons. The van der Waals surface area contributed by atoms with E-state index < -0.39 is 4.92 Å². The summed E-state index contributed by atoms with van der Waals surface area (Å²) in [5, 5.41) is 11.4. The molecule has 4 nitrogen and oxygen atoms in total. The van der Waals surface area contributed by atoms with Crippen molar-refractivity contribution in [3.05, 3.63) is 37.9 Å². The molecule has 0 N–H and O–H groups in total. The number of hydrogen-bond acceptors (Lipinski definition) is 3. The number of rotatable bonds is 5. The summed E-state index contributed by atoms with van der Waals surface area (Å²) in [6.45, 7) is 0.456. The standard InChI is InChI=1S/C10H10BrCl2NO3/c1-17-5-7(11)2-6-3-8(12)9(13)4-10(6)14(15)16/h3-4,7H,2,5H2,1H3. The fourth-order valence-electron chi connectivity index (χ4n) is 1.39. The van der Waals surface area contributed by atoms with Gasteiger partial charge in [-0.1, -0.05) is 39.1 Å². The Morgan fingerprint density at radius 1 is 1.47 bits per heavy atom. The zero-order valence-electron chi connectivity index (χ0n) is 8.95. The number of hydrogen-bond donors (Lipinski definition) is 0. The van der Waals surface area contributed by atoms with Gasteiger partial charge < -0.3 is 4.74 Å². The normalized spacial score (nSPS) is 12.5. The fraction of sp³-hybridized carbons (Fsp3) is 0.400. The first-order chi connectivity index (χ1) is 7.95. The minimum atomic E-state index is -0.468. The van der Waals surface area contributed by atoms with Gasteiger partial charge in [-0.3, -0.25) is 10.1 Å². The predicted octanol–water partition coefficient (Wildman–Crippen LogP) is 3.85. The summed E-state index contributed by atoms with van der Waals surface area (Å²) in [5.41, 5.74) is 0.503. The van der Waals surface area contributed by atoms with Gasteiger partial charge in [0.15, 0.2) is 0 Å². The third-order valence-electron chi connectivity index (χ3n) is 2.11. The Labute approximate surface area is 117 Å².